The molecule has 0 saturated heterocycles. The first kappa shape index (κ1) is 73.9. The fourth-order valence-electron chi connectivity index (χ4n) is 16.6. The van der Waals surface area contributed by atoms with Crippen molar-refractivity contribution in [3.63, 3.8) is 0 Å². The Morgan fingerprint density at radius 1 is 0.207 bits per heavy atom. The number of nitrogens with zero attached hydrogens (tertiary/aromatic N) is 2. The van der Waals surface area contributed by atoms with E-state index in [-0.39, 0.29) is 22.3 Å². The van der Waals surface area contributed by atoms with Crippen molar-refractivity contribution >= 4 is 70.2 Å². The molecule has 5 heterocycles. The third kappa shape index (κ3) is 14.0. The largest absolute Gasteiger partial charge is 0.478 e. The maximum atomic E-state index is 11.8. The maximum Gasteiger partial charge on any atom is 0.335 e. The van der Waals surface area contributed by atoms with Crippen molar-refractivity contribution in [2.75, 3.05) is 0 Å². The second-order valence-corrected chi connectivity index (χ2v) is 30.3. The van der Waals surface area contributed by atoms with Crippen LogP contribution in [0.4, 0.5) is 0 Å². The third-order valence-electron chi connectivity index (χ3n) is 22.7. The highest BCUT2D eigenvalue weighted by molar-refractivity contribution is 6.02. The van der Waals surface area contributed by atoms with Gasteiger partial charge in [-0.15, -0.1) is 0 Å². The minimum atomic E-state index is -0.965. The van der Waals surface area contributed by atoms with Crippen LogP contribution in [-0.4, -0.2) is 64.2 Å². The molecule has 0 aliphatic carbocycles. The van der Waals surface area contributed by atoms with Gasteiger partial charge in [0.1, 0.15) is 0 Å². The molecule has 8 bridgehead atoms. The van der Waals surface area contributed by atoms with Crippen molar-refractivity contribution < 1.29 is 39.6 Å². The van der Waals surface area contributed by atoms with Crippen molar-refractivity contribution in [3.8, 4) is 134 Å². The summed E-state index contributed by atoms with van der Waals surface area (Å²) in [6, 6.07) is 88.9. The highest BCUT2D eigenvalue weighted by atomic mass is 16.4. The Labute approximate surface area is 671 Å². The van der Waals surface area contributed by atoms with Crippen molar-refractivity contribution in [1.82, 2.24) is 19.9 Å². The Kier molecular flexibility index (Phi) is 19.1. The molecule has 12 aromatic carbocycles. The Hall–Kier alpha value is -14.9. The van der Waals surface area contributed by atoms with Crippen molar-refractivity contribution in [3.05, 3.63) is 356 Å². The molecule has 12 nitrogen and oxygen atoms in total. The fourth-order valence-corrected chi connectivity index (χ4v) is 16.6. The van der Waals surface area contributed by atoms with Gasteiger partial charge in [0.05, 0.1) is 45.0 Å². The summed E-state index contributed by atoms with van der Waals surface area (Å²) in [4.78, 5) is 66.6. The van der Waals surface area contributed by atoms with Crippen molar-refractivity contribution in [2.45, 2.75) is 55.4 Å². The summed E-state index contributed by atoms with van der Waals surface area (Å²) >= 11 is 0. The van der Waals surface area contributed by atoms with Crippen LogP contribution in [0.3, 0.4) is 0 Å². The molecular formula is C104H78N4O8. The number of rotatable bonds is 16. The molecule has 0 amide bonds. The lowest BCUT2D eigenvalue weighted by molar-refractivity contribution is 0.0686. The minimum Gasteiger partial charge on any atom is -0.478 e. The number of aromatic nitrogens is 4. The van der Waals surface area contributed by atoms with E-state index in [1.165, 1.54) is 0 Å². The number of benzene rings is 12. The minimum absolute atomic E-state index is 0.238. The predicted molar refractivity (Wildman–Crippen MR) is 470 cm³/mol. The van der Waals surface area contributed by atoms with Crippen LogP contribution in [-0.2, 0) is 0 Å². The molecule has 17 rings (SSSR count). The molecule has 0 saturated carbocycles. The van der Waals surface area contributed by atoms with Crippen molar-refractivity contribution in [1.29, 1.82) is 0 Å². The molecule has 12 heteroatoms. The van der Waals surface area contributed by atoms with Crippen LogP contribution in [0, 0.1) is 55.4 Å². The smallest absolute Gasteiger partial charge is 0.335 e. The average Bonchev–Trinajstić information content (AvgIpc) is 1.70. The number of nitrogens with one attached hydrogen (secondary N) is 2. The van der Waals surface area contributed by atoms with Gasteiger partial charge in [-0.2, -0.15) is 0 Å². The molecule has 0 spiro atoms. The highest BCUT2D eigenvalue weighted by Gasteiger charge is 2.23. The number of carbonyl (C=O) groups is 4. The van der Waals surface area contributed by atoms with Gasteiger partial charge in [0.15, 0.2) is 0 Å². The molecule has 2 aliphatic rings. The van der Waals surface area contributed by atoms with E-state index in [0.29, 0.717) is 0 Å². The van der Waals surface area contributed by atoms with Crippen LogP contribution in [0.1, 0.15) is 109 Å². The van der Waals surface area contributed by atoms with Crippen LogP contribution < -0.4 is 0 Å². The molecule has 116 heavy (non-hydrogen) atoms. The lowest BCUT2D eigenvalue weighted by Crippen LogP contribution is -1.96. The second kappa shape index (κ2) is 30.0. The van der Waals surface area contributed by atoms with Gasteiger partial charge < -0.3 is 30.4 Å². The lowest BCUT2D eigenvalue weighted by atomic mass is 9.91. The van der Waals surface area contributed by atoms with E-state index in [4.69, 9.17) is 9.97 Å². The first-order valence-electron chi connectivity index (χ1n) is 38.4. The molecule has 0 unspecified atom stereocenters. The van der Waals surface area contributed by atoms with E-state index in [1.54, 1.807) is 48.5 Å². The monoisotopic (exact) mass is 1510 g/mol. The number of H-pyrrole nitrogens is 2. The van der Waals surface area contributed by atoms with E-state index in [9.17, 15) is 39.6 Å². The number of hydrogen-bond acceptors (Lipinski definition) is 6. The van der Waals surface area contributed by atoms with Gasteiger partial charge in [-0.05, 0) is 308 Å². The Bertz CT molecular complexity index is 6010. The molecule has 15 aromatic rings. The summed E-state index contributed by atoms with van der Waals surface area (Å²) < 4.78 is 0. The van der Waals surface area contributed by atoms with E-state index < -0.39 is 23.9 Å². The van der Waals surface area contributed by atoms with E-state index in [1.807, 2.05) is 48.5 Å². The zero-order chi connectivity index (χ0) is 80.5. The summed E-state index contributed by atoms with van der Waals surface area (Å²) in [6.45, 7) is 16.8. The summed E-state index contributed by atoms with van der Waals surface area (Å²) in [5, 5.41) is 38.6. The quantitative estimate of drug-likeness (QED) is 0.0540. The van der Waals surface area contributed by atoms with E-state index in [0.717, 1.165) is 223 Å². The first-order chi connectivity index (χ1) is 56.0. The first-order valence-corrected chi connectivity index (χ1v) is 38.4. The number of carboxylic acids is 4. The van der Waals surface area contributed by atoms with Crippen LogP contribution in [0.15, 0.2) is 267 Å². The van der Waals surface area contributed by atoms with E-state index >= 15 is 0 Å². The van der Waals surface area contributed by atoms with Crippen LogP contribution in [0.25, 0.3) is 180 Å². The molecule has 6 N–H and O–H groups in total. The molecule has 0 fully saturated rings. The number of carboxylic acid groups (broad SMARTS) is 4. The third-order valence-corrected chi connectivity index (χ3v) is 22.7. The maximum absolute atomic E-state index is 11.8. The molecule has 2 aliphatic heterocycles. The Balaban J connectivity index is 0.849. The van der Waals surface area contributed by atoms with Gasteiger partial charge >= 0.3 is 23.9 Å². The normalized spacial score (nSPS) is 11.7. The summed E-state index contributed by atoms with van der Waals surface area (Å²) in [5.74, 6) is -3.86. The molecule has 562 valence electrons. The van der Waals surface area contributed by atoms with E-state index in [2.05, 4.69) is 260 Å². The van der Waals surface area contributed by atoms with Crippen LogP contribution in [0.2, 0.25) is 0 Å². The van der Waals surface area contributed by atoms with Gasteiger partial charge in [-0.1, -0.05) is 194 Å². The Morgan fingerprint density at radius 2 is 0.345 bits per heavy atom. The lowest BCUT2D eigenvalue weighted by Gasteiger charge is -2.14. The number of aryl methyl sites for hydroxylation is 8. The van der Waals surface area contributed by atoms with Gasteiger partial charge in [-0.25, -0.2) is 29.1 Å². The highest BCUT2D eigenvalue weighted by Crippen LogP contribution is 2.44. The standard InChI is InChI=1S/C104H78N4O8/c1-57-53-85(69-17-33-77(34-18-69)101(109)110)61(5)49-81(57)65-9-25-73(26-10-65)97-89-41-43-91(105-89)98(74-27-11-66(12-28-74)82-50-62(6)86(54-58(82)2)70-19-35-78(36-20-70)102(111)112)93-45-47-95(107-93)100(76-31-15-68(16-32-76)84-52-64(8)88(56-60(84)4)72-23-39-80(40-24-72)104(115)116)96-48-46-94(108-96)99(92-44-42-90(97)106-92)75-29-13-67(14-30-75)83-51-63(7)87(55-59(83)3)71-21-37-79(38-22-71)103(113)114/h9-56,105,108H,1-8H3,(H,109,110)(H,111,112)(H,113,114)(H,115,116). The average molecular weight is 1510 g/mol. The summed E-state index contributed by atoms with van der Waals surface area (Å²) in [5.41, 5.74) is 39.5. The number of aromatic amines is 2. The SMILES string of the molecule is Cc1cc(-c2ccc(-c3c4nc(c(-c5ccc(-c6cc(C)c(-c7ccc(C(=O)O)cc7)cc6C)cc5)c5ccc([nH]5)c(-c5ccc(-c6cc(C)c(-c7ccc(C(=O)O)cc7)cc6C)cc5)c5nc(c(-c6ccc(-c7cc(C)c(-c8ccc(C(=O)O)cc8)cc7C)cc6)c6ccc3[nH]6)C=C5)C=C4)cc2)c(C)cc1-c1ccc(C(=O)O)cc1. The zero-order valence-electron chi connectivity index (χ0n) is 65.0. The van der Waals surface area contributed by atoms with Crippen LogP contribution in [0.5, 0.6) is 0 Å². The van der Waals surface area contributed by atoms with Gasteiger partial charge in [0, 0.05) is 44.3 Å². The summed E-state index contributed by atoms with van der Waals surface area (Å²) in [7, 11) is 0. The predicted octanol–water partition coefficient (Wildman–Crippen LogP) is 25.9. The number of aromatic carboxylic acids is 4. The molecular weight excluding hydrogens is 1430 g/mol. The second-order valence-electron chi connectivity index (χ2n) is 30.3. The number of hydrogen-bond donors (Lipinski definition) is 6. The molecule has 3 aromatic heterocycles. The molecule has 0 radical (unpaired) electrons. The summed E-state index contributed by atoms with van der Waals surface area (Å²) in [6.07, 6.45) is 8.45. The van der Waals surface area contributed by atoms with Crippen molar-refractivity contribution in [2.24, 2.45) is 0 Å². The molecule has 0 atom stereocenters. The van der Waals surface area contributed by atoms with Crippen LogP contribution >= 0.6 is 0 Å². The topological polar surface area (TPSA) is 207 Å². The van der Waals surface area contributed by atoms with Gasteiger partial charge in [0.2, 0.25) is 0 Å². The zero-order valence-corrected chi connectivity index (χ0v) is 65.0. The number of fused-ring (bicyclic) bond motifs is 8. The van der Waals surface area contributed by atoms with Gasteiger partial charge in [0.25, 0.3) is 0 Å². The Morgan fingerprint density at radius 3 is 0.491 bits per heavy atom. The fraction of sp³-hybridized carbons (Fsp3) is 0.0769. The van der Waals surface area contributed by atoms with Gasteiger partial charge in [-0.3, -0.25) is 0 Å².